The first-order valence-electron chi connectivity index (χ1n) is 15.5. The Bertz CT molecular complexity index is 1780. The maximum absolute atomic E-state index is 13.4. The molecular weight excluding hydrogens is 578 g/mol. The van der Waals surface area contributed by atoms with Crippen LogP contribution in [0.4, 0.5) is 14.6 Å². The van der Waals surface area contributed by atoms with E-state index < -0.39 is 6.43 Å². The number of fused-ring (bicyclic) bond motifs is 3. The lowest BCUT2D eigenvalue weighted by Gasteiger charge is -2.48. The monoisotopic (exact) mass is 616 g/mol. The molecule has 0 bridgehead atoms. The first-order valence-corrected chi connectivity index (χ1v) is 15.5. The highest BCUT2D eigenvalue weighted by Gasteiger charge is 2.37. The lowest BCUT2D eigenvalue weighted by molar-refractivity contribution is 0.0972. The molecule has 10 nitrogen and oxygen atoms in total. The number of hydrogen-bond acceptors (Lipinski definition) is 8. The van der Waals surface area contributed by atoms with Crippen LogP contribution in [-0.4, -0.2) is 79.0 Å². The number of halogens is 2. The van der Waals surface area contributed by atoms with E-state index in [9.17, 15) is 8.78 Å². The predicted octanol–water partition coefficient (Wildman–Crippen LogP) is 5.60. The zero-order valence-electron chi connectivity index (χ0n) is 26.0. The van der Waals surface area contributed by atoms with Crippen molar-refractivity contribution in [1.82, 2.24) is 34.0 Å². The molecule has 2 saturated heterocycles. The van der Waals surface area contributed by atoms with Crippen LogP contribution in [0.25, 0.3) is 16.9 Å². The summed E-state index contributed by atoms with van der Waals surface area (Å²) in [5.74, 6) is 2.99. The fourth-order valence-corrected chi connectivity index (χ4v) is 6.95. The number of methoxy groups -OCH3 is 1. The average molecular weight is 617 g/mol. The highest BCUT2D eigenvalue weighted by molar-refractivity contribution is 5.87. The van der Waals surface area contributed by atoms with Crippen molar-refractivity contribution in [3.8, 4) is 5.75 Å². The molecule has 236 valence electrons. The van der Waals surface area contributed by atoms with Gasteiger partial charge in [0.2, 0.25) is 0 Å². The molecule has 1 unspecified atom stereocenters. The van der Waals surface area contributed by atoms with Gasteiger partial charge in [0, 0.05) is 37.3 Å². The average Bonchev–Trinajstić information content (AvgIpc) is 3.80. The highest BCUT2D eigenvalue weighted by Crippen LogP contribution is 2.37. The van der Waals surface area contributed by atoms with E-state index in [1.54, 1.807) is 13.4 Å². The summed E-state index contributed by atoms with van der Waals surface area (Å²) in [6, 6.07) is 14.7. The Morgan fingerprint density at radius 2 is 1.67 bits per heavy atom. The summed E-state index contributed by atoms with van der Waals surface area (Å²) < 4.78 is 42.4. The van der Waals surface area contributed by atoms with Gasteiger partial charge in [-0.1, -0.05) is 36.4 Å². The number of hydrogen-bond donors (Lipinski definition) is 0. The molecule has 2 aliphatic rings. The van der Waals surface area contributed by atoms with Crippen LogP contribution in [0.2, 0.25) is 0 Å². The first-order chi connectivity index (χ1) is 21.8. The van der Waals surface area contributed by atoms with E-state index in [0.717, 1.165) is 59.1 Å². The second-order valence-electron chi connectivity index (χ2n) is 12.2. The summed E-state index contributed by atoms with van der Waals surface area (Å²) in [7, 11) is 1.65. The Morgan fingerprint density at radius 1 is 0.956 bits per heavy atom. The number of rotatable bonds is 8. The molecule has 0 N–H and O–H groups in total. The molecule has 7 rings (SSSR count). The number of piperazine rings is 1. The maximum Gasteiger partial charge on any atom is 0.263 e. The molecule has 45 heavy (non-hydrogen) atoms. The third kappa shape index (κ3) is 5.39. The smallest absolute Gasteiger partial charge is 0.263 e. The van der Waals surface area contributed by atoms with E-state index in [1.807, 2.05) is 35.6 Å². The van der Waals surface area contributed by atoms with Crippen molar-refractivity contribution in [1.29, 1.82) is 0 Å². The van der Waals surface area contributed by atoms with E-state index in [0.29, 0.717) is 25.4 Å². The minimum atomic E-state index is -2.51. The van der Waals surface area contributed by atoms with E-state index in [4.69, 9.17) is 19.4 Å². The summed E-state index contributed by atoms with van der Waals surface area (Å²) in [6.07, 6.45) is 1.43. The SMILES string of the molecule is COc1ccc([C@@H](c2ccc(C(F)F)cc2)N2C[C@H](C)N(c3nc4nncn4c4c3nc(C)n4CC3CCCO3)C[C@H]2C)cc1. The van der Waals surface area contributed by atoms with Crippen LogP contribution in [0.15, 0.2) is 54.9 Å². The van der Waals surface area contributed by atoms with Gasteiger partial charge in [-0.2, -0.15) is 4.98 Å². The number of anilines is 1. The second kappa shape index (κ2) is 12.0. The molecule has 0 amide bonds. The Hall–Kier alpha value is -4.16. The van der Waals surface area contributed by atoms with Crippen molar-refractivity contribution in [2.75, 3.05) is 31.7 Å². The van der Waals surface area contributed by atoms with Gasteiger partial charge in [-0.3, -0.25) is 4.90 Å². The number of aromatic nitrogens is 6. The molecule has 0 radical (unpaired) electrons. The number of ether oxygens (including phenoxy) is 2. The van der Waals surface area contributed by atoms with Crippen molar-refractivity contribution < 1.29 is 18.3 Å². The molecule has 4 atom stereocenters. The van der Waals surface area contributed by atoms with Gasteiger partial charge in [0.15, 0.2) is 11.5 Å². The number of alkyl halides is 2. The van der Waals surface area contributed by atoms with Crippen LogP contribution in [-0.2, 0) is 11.3 Å². The summed E-state index contributed by atoms with van der Waals surface area (Å²) in [6.45, 7) is 9.33. The summed E-state index contributed by atoms with van der Waals surface area (Å²) >= 11 is 0. The summed E-state index contributed by atoms with van der Waals surface area (Å²) in [5, 5.41) is 8.52. The van der Waals surface area contributed by atoms with Crippen LogP contribution < -0.4 is 9.64 Å². The minimum absolute atomic E-state index is 0.0201. The molecule has 0 aliphatic carbocycles. The van der Waals surface area contributed by atoms with Gasteiger partial charge < -0.3 is 18.9 Å². The van der Waals surface area contributed by atoms with Gasteiger partial charge in [-0.25, -0.2) is 18.2 Å². The van der Waals surface area contributed by atoms with Gasteiger partial charge in [0.05, 0.1) is 25.8 Å². The standard InChI is InChI=1S/C33H38F2N8O2/c1-20-17-41(31-28-32(43-19-36-39-33(43)38-31)42(22(3)37-28)18-27-6-5-15-45-27)21(2)16-40(20)29(24-11-13-26(44-4)14-12-24)23-7-9-25(10-8-23)30(34)35/h7-14,19-21,27,29-30H,5-6,15-18H2,1-4H3/t20-,21+,27?,29-/m1/s1. The second-order valence-corrected chi connectivity index (χ2v) is 12.2. The number of aryl methyl sites for hydroxylation is 1. The van der Waals surface area contributed by atoms with E-state index in [1.165, 1.54) is 12.1 Å². The molecular formula is C33H38F2N8O2. The molecule has 5 aromatic rings. The molecule has 0 spiro atoms. The van der Waals surface area contributed by atoms with Gasteiger partial charge in [-0.15, -0.1) is 10.2 Å². The fraction of sp³-hybridized carbons (Fsp3) is 0.455. The van der Waals surface area contributed by atoms with Gasteiger partial charge in [0.1, 0.15) is 23.4 Å². The van der Waals surface area contributed by atoms with Crippen molar-refractivity contribution in [3.05, 3.63) is 77.4 Å². The Kier molecular flexibility index (Phi) is 7.86. The van der Waals surface area contributed by atoms with Crippen molar-refractivity contribution in [2.45, 2.75) is 70.8 Å². The number of imidazole rings is 1. The van der Waals surface area contributed by atoms with Crippen LogP contribution in [0.1, 0.15) is 61.7 Å². The van der Waals surface area contributed by atoms with E-state index in [-0.39, 0.29) is 29.8 Å². The van der Waals surface area contributed by atoms with Gasteiger partial charge in [0.25, 0.3) is 12.2 Å². The zero-order chi connectivity index (χ0) is 31.2. The van der Waals surface area contributed by atoms with Crippen LogP contribution >= 0.6 is 0 Å². The highest BCUT2D eigenvalue weighted by atomic mass is 19.3. The maximum atomic E-state index is 13.4. The third-order valence-corrected chi connectivity index (χ3v) is 9.29. The third-order valence-electron chi connectivity index (χ3n) is 9.29. The molecule has 3 aromatic heterocycles. The topological polar surface area (TPSA) is 85.8 Å². The molecule has 0 saturated carbocycles. The Balaban J connectivity index is 1.25. The quantitative estimate of drug-likeness (QED) is 0.223. The van der Waals surface area contributed by atoms with Crippen molar-refractivity contribution in [3.63, 3.8) is 0 Å². The van der Waals surface area contributed by atoms with Crippen LogP contribution in [0, 0.1) is 6.92 Å². The fourth-order valence-electron chi connectivity index (χ4n) is 6.95. The minimum Gasteiger partial charge on any atom is -0.497 e. The molecule has 2 fully saturated rings. The number of nitrogens with zero attached hydrogens (tertiary/aromatic N) is 8. The van der Waals surface area contributed by atoms with Crippen LogP contribution in [0.3, 0.4) is 0 Å². The lowest BCUT2D eigenvalue weighted by Crippen LogP contribution is -2.57. The largest absolute Gasteiger partial charge is 0.497 e. The van der Waals surface area contributed by atoms with Crippen molar-refractivity contribution >= 4 is 22.8 Å². The van der Waals surface area contributed by atoms with E-state index >= 15 is 0 Å². The lowest BCUT2D eigenvalue weighted by atomic mass is 9.93. The normalized spacial score (nSPS) is 21.8. The van der Waals surface area contributed by atoms with Crippen molar-refractivity contribution in [2.24, 2.45) is 0 Å². The van der Waals surface area contributed by atoms with E-state index in [2.05, 4.69) is 50.5 Å². The molecule has 2 aromatic carbocycles. The Labute approximate surface area is 260 Å². The van der Waals surface area contributed by atoms with Gasteiger partial charge in [-0.05, 0) is 56.9 Å². The predicted molar refractivity (Wildman–Crippen MR) is 167 cm³/mol. The van der Waals surface area contributed by atoms with Crippen LogP contribution in [0.5, 0.6) is 5.75 Å². The first kappa shape index (κ1) is 29.5. The molecule has 2 aliphatic heterocycles. The summed E-state index contributed by atoms with van der Waals surface area (Å²) in [5.41, 5.74) is 3.80. The molecule has 5 heterocycles. The summed E-state index contributed by atoms with van der Waals surface area (Å²) in [4.78, 5) is 14.8. The zero-order valence-corrected chi connectivity index (χ0v) is 26.0. The van der Waals surface area contributed by atoms with Gasteiger partial charge >= 0.3 is 0 Å². The molecule has 12 heteroatoms. The Morgan fingerprint density at radius 3 is 2.33 bits per heavy atom. The number of benzene rings is 2.